The summed E-state index contributed by atoms with van der Waals surface area (Å²) in [4.78, 5) is 51.7. The van der Waals surface area contributed by atoms with E-state index < -0.39 is 35.9 Å². The van der Waals surface area contributed by atoms with Crippen molar-refractivity contribution in [2.45, 2.75) is 38.1 Å². The molecular formula is C16H22FN5O6. The van der Waals surface area contributed by atoms with E-state index in [9.17, 15) is 23.6 Å². The molecule has 0 spiro atoms. The van der Waals surface area contributed by atoms with Gasteiger partial charge in [0.1, 0.15) is 6.04 Å². The minimum absolute atomic E-state index is 0.218. The molecule has 0 aliphatic rings. The zero-order valence-electron chi connectivity index (χ0n) is 15.0. The number of nitrogens with zero attached hydrogens (tertiary/aromatic N) is 2. The summed E-state index contributed by atoms with van der Waals surface area (Å²) in [5, 5.41) is 24.7. The van der Waals surface area contributed by atoms with Crippen LogP contribution in [-0.2, 0) is 9.59 Å². The van der Waals surface area contributed by atoms with Crippen molar-refractivity contribution in [2.24, 2.45) is 0 Å². The molecular weight excluding hydrogens is 376 g/mol. The monoisotopic (exact) mass is 398 g/mol. The quantitative estimate of drug-likeness (QED) is 0.309. The number of carbonyl (C=O) groups excluding carboxylic acids is 2. The Morgan fingerprint density at radius 3 is 2.25 bits per heavy atom. The molecule has 1 heterocycles. The van der Waals surface area contributed by atoms with E-state index in [0.717, 1.165) is 6.20 Å². The molecule has 0 fully saturated rings. The number of unbranched alkanes of at least 4 members (excludes halogenated alkanes) is 2. The molecule has 0 unspecified atom stereocenters. The SMILES string of the molecule is O=C(O)CC[C@H](NC(=O)NCCCCCNC(=O)c1nccnc1[18F])C(=O)O. The average Bonchev–Trinajstić information content (AvgIpc) is 2.64. The highest BCUT2D eigenvalue weighted by atomic mass is 18.2. The van der Waals surface area contributed by atoms with Gasteiger partial charge in [0.05, 0.1) is 0 Å². The molecule has 154 valence electrons. The van der Waals surface area contributed by atoms with Gasteiger partial charge in [-0.3, -0.25) is 9.59 Å². The Morgan fingerprint density at radius 1 is 1.00 bits per heavy atom. The van der Waals surface area contributed by atoms with Crippen LogP contribution in [0.25, 0.3) is 0 Å². The second-order valence-corrected chi connectivity index (χ2v) is 5.74. The van der Waals surface area contributed by atoms with Crippen molar-refractivity contribution in [3.05, 3.63) is 24.0 Å². The number of carboxylic acids is 2. The molecule has 0 saturated heterocycles. The van der Waals surface area contributed by atoms with Crippen LogP contribution in [0.15, 0.2) is 12.4 Å². The standard InChI is InChI=1S/C16H22FN5O6/c17-13-12(18-8-9-19-13)14(25)20-6-2-1-3-7-21-16(28)22-10(15(26)27)4-5-11(23)24/h8-10H,1-7H2,(H,20,25)(H,23,24)(H,26,27)(H2,21,22,28)/t10-/m0/s1/i17-1. The molecule has 0 aliphatic carbocycles. The highest BCUT2D eigenvalue weighted by Crippen LogP contribution is 2.00. The van der Waals surface area contributed by atoms with Crippen molar-refractivity contribution in [3.63, 3.8) is 0 Å². The number of aromatic nitrogens is 2. The highest BCUT2D eigenvalue weighted by Gasteiger charge is 2.20. The Balaban J connectivity index is 2.15. The van der Waals surface area contributed by atoms with Crippen LogP contribution in [0.5, 0.6) is 0 Å². The van der Waals surface area contributed by atoms with E-state index in [1.165, 1.54) is 6.20 Å². The zero-order chi connectivity index (χ0) is 20.9. The molecule has 1 aromatic rings. The normalized spacial score (nSPS) is 11.3. The second-order valence-electron chi connectivity index (χ2n) is 5.74. The number of nitrogens with one attached hydrogen (secondary N) is 3. The van der Waals surface area contributed by atoms with Crippen molar-refractivity contribution in [2.75, 3.05) is 13.1 Å². The van der Waals surface area contributed by atoms with Crippen LogP contribution < -0.4 is 16.0 Å². The van der Waals surface area contributed by atoms with Crippen LogP contribution >= 0.6 is 0 Å². The molecule has 0 saturated carbocycles. The van der Waals surface area contributed by atoms with E-state index in [1.807, 2.05) is 0 Å². The van der Waals surface area contributed by atoms with Crippen LogP contribution in [0.3, 0.4) is 0 Å². The largest absolute Gasteiger partial charge is 0.481 e. The Morgan fingerprint density at radius 2 is 1.64 bits per heavy atom. The van der Waals surface area contributed by atoms with Crippen LogP contribution in [0.4, 0.5) is 9.18 Å². The maximum Gasteiger partial charge on any atom is 0.326 e. The molecule has 1 rings (SSSR count). The highest BCUT2D eigenvalue weighted by molar-refractivity contribution is 5.92. The molecule has 0 aromatic carbocycles. The van der Waals surface area contributed by atoms with Gasteiger partial charge >= 0.3 is 18.0 Å². The van der Waals surface area contributed by atoms with Crippen LogP contribution in [-0.4, -0.2) is 63.2 Å². The number of hydrogen-bond acceptors (Lipinski definition) is 6. The molecule has 12 heteroatoms. The fraction of sp³-hybridized carbons (Fsp3) is 0.500. The first-order valence-electron chi connectivity index (χ1n) is 8.55. The van der Waals surface area contributed by atoms with Crippen molar-refractivity contribution in [1.82, 2.24) is 25.9 Å². The number of halogens is 1. The third kappa shape index (κ3) is 8.87. The first kappa shape index (κ1) is 22.7. The maximum absolute atomic E-state index is 13.3. The minimum atomic E-state index is -1.31. The van der Waals surface area contributed by atoms with Gasteiger partial charge in [-0.25, -0.2) is 19.6 Å². The first-order valence-corrected chi connectivity index (χ1v) is 8.55. The minimum Gasteiger partial charge on any atom is -0.481 e. The molecule has 28 heavy (non-hydrogen) atoms. The summed E-state index contributed by atoms with van der Waals surface area (Å²) in [7, 11) is 0. The van der Waals surface area contributed by atoms with Crippen LogP contribution in [0.1, 0.15) is 42.6 Å². The van der Waals surface area contributed by atoms with Gasteiger partial charge < -0.3 is 26.2 Å². The number of hydrogen-bond donors (Lipinski definition) is 5. The lowest BCUT2D eigenvalue weighted by Gasteiger charge is -2.14. The van der Waals surface area contributed by atoms with Gasteiger partial charge in [-0.2, -0.15) is 4.39 Å². The Kier molecular flexibility index (Phi) is 9.86. The number of carboxylic acid groups (broad SMARTS) is 2. The zero-order valence-corrected chi connectivity index (χ0v) is 15.0. The lowest BCUT2D eigenvalue weighted by Crippen LogP contribution is -2.46. The molecule has 3 amide bonds. The summed E-state index contributed by atoms with van der Waals surface area (Å²) in [6, 6.07) is -1.99. The summed E-state index contributed by atoms with van der Waals surface area (Å²) in [5.74, 6) is -4.07. The van der Waals surface area contributed by atoms with Gasteiger partial charge in [-0.15, -0.1) is 0 Å². The number of amides is 3. The number of urea groups is 1. The summed E-state index contributed by atoms with van der Waals surface area (Å²) < 4.78 is 13.3. The molecule has 0 radical (unpaired) electrons. The van der Waals surface area contributed by atoms with E-state index in [0.29, 0.717) is 19.3 Å². The molecule has 5 N–H and O–H groups in total. The second kappa shape index (κ2) is 12.1. The van der Waals surface area contributed by atoms with Gasteiger partial charge in [0.15, 0.2) is 5.69 Å². The van der Waals surface area contributed by atoms with Crippen LogP contribution in [0, 0.1) is 5.95 Å². The van der Waals surface area contributed by atoms with Gasteiger partial charge in [0, 0.05) is 31.9 Å². The molecule has 1 atom stereocenters. The van der Waals surface area contributed by atoms with Crippen molar-refractivity contribution in [1.29, 1.82) is 0 Å². The Labute approximate surface area is 159 Å². The molecule has 0 bridgehead atoms. The van der Waals surface area contributed by atoms with Crippen LogP contribution in [0.2, 0.25) is 0 Å². The summed E-state index contributed by atoms with van der Waals surface area (Å²) in [5.41, 5.74) is -0.378. The van der Waals surface area contributed by atoms with Crippen molar-refractivity contribution in [3.8, 4) is 0 Å². The summed E-state index contributed by atoms with van der Waals surface area (Å²) in [6.45, 7) is 0.557. The topological polar surface area (TPSA) is 171 Å². The predicted molar refractivity (Wildman–Crippen MR) is 93.0 cm³/mol. The molecule has 0 aliphatic heterocycles. The first-order chi connectivity index (χ1) is 13.3. The average molecular weight is 398 g/mol. The predicted octanol–water partition coefficient (Wildman–Crippen LogP) is 0.133. The van der Waals surface area contributed by atoms with E-state index in [1.54, 1.807) is 0 Å². The number of rotatable bonds is 12. The third-order valence-corrected chi connectivity index (χ3v) is 3.54. The fourth-order valence-electron chi connectivity index (χ4n) is 2.12. The van der Waals surface area contributed by atoms with E-state index >= 15 is 0 Å². The Bertz CT molecular complexity index is 702. The van der Waals surface area contributed by atoms with Crippen molar-refractivity contribution < 1.29 is 33.8 Å². The van der Waals surface area contributed by atoms with E-state index in [-0.39, 0.29) is 31.6 Å². The molecule has 1 aromatic heterocycles. The molecule has 11 nitrogen and oxygen atoms in total. The third-order valence-electron chi connectivity index (χ3n) is 3.54. The summed E-state index contributed by atoms with van der Waals surface area (Å²) in [6.07, 6.45) is 3.55. The van der Waals surface area contributed by atoms with Gasteiger partial charge in [-0.05, 0) is 25.7 Å². The smallest absolute Gasteiger partial charge is 0.326 e. The number of aliphatic carboxylic acids is 2. The maximum atomic E-state index is 13.3. The Hall–Kier alpha value is -3.31. The van der Waals surface area contributed by atoms with Gasteiger partial charge in [0.25, 0.3) is 5.91 Å². The lowest BCUT2D eigenvalue weighted by atomic mass is 10.1. The van der Waals surface area contributed by atoms with E-state index in [4.69, 9.17) is 10.2 Å². The van der Waals surface area contributed by atoms with E-state index in [2.05, 4.69) is 25.9 Å². The van der Waals surface area contributed by atoms with Gasteiger partial charge in [-0.1, -0.05) is 0 Å². The lowest BCUT2D eigenvalue weighted by molar-refractivity contribution is -0.140. The number of carbonyl (C=O) groups is 4. The van der Waals surface area contributed by atoms with Crippen molar-refractivity contribution >= 4 is 23.9 Å². The van der Waals surface area contributed by atoms with Gasteiger partial charge in [0.2, 0.25) is 5.95 Å². The summed E-state index contributed by atoms with van der Waals surface area (Å²) >= 11 is 0. The fourth-order valence-corrected chi connectivity index (χ4v) is 2.12.